The van der Waals surface area contributed by atoms with Crippen molar-refractivity contribution in [1.82, 2.24) is 10.2 Å². The summed E-state index contributed by atoms with van der Waals surface area (Å²) in [5.41, 5.74) is 7.04. The average molecular weight is 277 g/mol. The highest BCUT2D eigenvalue weighted by atomic mass is 16.5. The molecule has 1 fully saturated rings. The van der Waals surface area contributed by atoms with Crippen LogP contribution in [0.15, 0.2) is 18.2 Å². The number of nitrogens with one attached hydrogen (secondary N) is 1. The van der Waals surface area contributed by atoms with Crippen LogP contribution in [-0.2, 0) is 0 Å². The first-order valence-electron chi connectivity index (χ1n) is 7.06. The number of benzene rings is 1. The van der Waals surface area contributed by atoms with Gasteiger partial charge in [0.05, 0.1) is 5.69 Å². The van der Waals surface area contributed by atoms with E-state index < -0.39 is 0 Å². The van der Waals surface area contributed by atoms with Crippen LogP contribution in [0.5, 0.6) is 5.75 Å². The lowest BCUT2D eigenvalue weighted by molar-refractivity contribution is 0.0962. The highest BCUT2D eigenvalue weighted by molar-refractivity contribution is 5.95. The Morgan fingerprint density at radius 1 is 1.50 bits per heavy atom. The van der Waals surface area contributed by atoms with E-state index in [1.807, 2.05) is 0 Å². The minimum atomic E-state index is -0.135. The molecule has 1 saturated heterocycles. The molecule has 1 amide bonds. The van der Waals surface area contributed by atoms with Gasteiger partial charge < -0.3 is 20.7 Å². The number of nitrogens with two attached hydrogens (primary N) is 1. The fourth-order valence-corrected chi connectivity index (χ4v) is 2.49. The number of anilines is 1. The summed E-state index contributed by atoms with van der Waals surface area (Å²) in [6, 6.07) is 5.54. The molecule has 0 radical (unpaired) electrons. The van der Waals surface area contributed by atoms with Crippen molar-refractivity contribution < 1.29 is 9.53 Å². The van der Waals surface area contributed by atoms with E-state index in [-0.39, 0.29) is 5.91 Å². The molecule has 5 heteroatoms. The van der Waals surface area contributed by atoms with Gasteiger partial charge in [0.15, 0.2) is 0 Å². The Kier molecular flexibility index (Phi) is 4.84. The van der Waals surface area contributed by atoms with Gasteiger partial charge in [-0.1, -0.05) is 6.42 Å². The Morgan fingerprint density at radius 3 is 3.00 bits per heavy atom. The van der Waals surface area contributed by atoms with Crippen LogP contribution in [0.1, 0.15) is 29.6 Å². The molecule has 1 atom stereocenters. The van der Waals surface area contributed by atoms with Gasteiger partial charge in [0.25, 0.3) is 5.91 Å². The van der Waals surface area contributed by atoms with Crippen LogP contribution in [0, 0.1) is 0 Å². The number of amides is 1. The molecule has 0 aromatic heterocycles. The third-order valence-corrected chi connectivity index (χ3v) is 3.86. The maximum atomic E-state index is 11.6. The number of rotatable bonds is 4. The van der Waals surface area contributed by atoms with Gasteiger partial charge in [0.2, 0.25) is 0 Å². The summed E-state index contributed by atoms with van der Waals surface area (Å²) in [4.78, 5) is 13.9. The van der Waals surface area contributed by atoms with Crippen molar-refractivity contribution >= 4 is 11.6 Å². The molecule has 1 aliphatic rings. The molecular formula is C15H23N3O2. The molecular weight excluding hydrogens is 254 g/mol. The predicted molar refractivity (Wildman–Crippen MR) is 80.0 cm³/mol. The van der Waals surface area contributed by atoms with Crippen LogP contribution < -0.4 is 15.8 Å². The predicted octanol–water partition coefficient (Wildman–Crippen LogP) is 1.49. The Bertz CT molecular complexity index is 476. The number of hydrogen-bond acceptors (Lipinski definition) is 4. The topological polar surface area (TPSA) is 67.6 Å². The maximum absolute atomic E-state index is 11.6. The molecule has 1 heterocycles. The SMILES string of the molecule is CNC(=O)c1ccc(N)c(OCC2CCCCN2C)c1. The summed E-state index contributed by atoms with van der Waals surface area (Å²) in [6.45, 7) is 1.72. The number of hydrogen-bond donors (Lipinski definition) is 2. The number of likely N-dealkylation sites (N-methyl/N-ethyl adjacent to an activating group) is 1. The molecule has 110 valence electrons. The summed E-state index contributed by atoms with van der Waals surface area (Å²) in [5, 5.41) is 2.60. The molecule has 0 spiro atoms. The van der Waals surface area contributed by atoms with Crippen molar-refractivity contribution in [2.45, 2.75) is 25.3 Å². The van der Waals surface area contributed by atoms with Gasteiger partial charge in [-0.15, -0.1) is 0 Å². The molecule has 0 aliphatic carbocycles. The molecule has 1 aromatic carbocycles. The Morgan fingerprint density at radius 2 is 2.30 bits per heavy atom. The lowest BCUT2D eigenvalue weighted by Gasteiger charge is -2.32. The second-order valence-corrected chi connectivity index (χ2v) is 5.27. The largest absolute Gasteiger partial charge is 0.490 e. The molecule has 1 aromatic rings. The zero-order chi connectivity index (χ0) is 14.5. The first kappa shape index (κ1) is 14.7. The average Bonchev–Trinajstić information content (AvgIpc) is 2.47. The minimum absolute atomic E-state index is 0.135. The summed E-state index contributed by atoms with van der Waals surface area (Å²) in [5.74, 6) is 0.453. The summed E-state index contributed by atoms with van der Waals surface area (Å²) < 4.78 is 5.84. The Balaban J connectivity index is 2.02. The number of nitrogen functional groups attached to an aromatic ring is 1. The quantitative estimate of drug-likeness (QED) is 0.818. The third kappa shape index (κ3) is 3.42. The fraction of sp³-hybridized carbons (Fsp3) is 0.533. The van der Waals surface area contributed by atoms with Crippen molar-refractivity contribution in [2.24, 2.45) is 0 Å². The zero-order valence-corrected chi connectivity index (χ0v) is 12.2. The van der Waals surface area contributed by atoms with Crippen LogP contribution in [-0.4, -0.2) is 44.1 Å². The molecule has 3 N–H and O–H groups in total. The molecule has 5 nitrogen and oxygen atoms in total. The van der Waals surface area contributed by atoms with E-state index in [9.17, 15) is 4.79 Å². The van der Waals surface area contributed by atoms with Crippen LogP contribution >= 0.6 is 0 Å². The highest BCUT2D eigenvalue weighted by Gasteiger charge is 2.20. The number of nitrogens with zero attached hydrogens (tertiary/aromatic N) is 1. The minimum Gasteiger partial charge on any atom is -0.490 e. The van der Waals surface area contributed by atoms with E-state index in [1.165, 1.54) is 12.8 Å². The van der Waals surface area contributed by atoms with Crippen LogP contribution in [0.3, 0.4) is 0 Å². The smallest absolute Gasteiger partial charge is 0.251 e. The zero-order valence-electron chi connectivity index (χ0n) is 12.2. The van der Waals surface area contributed by atoms with Gasteiger partial charge in [-0.3, -0.25) is 4.79 Å². The van der Waals surface area contributed by atoms with Gasteiger partial charge >= 0.3 is 0 Å². The number of carbonyl (C=O) groups excluding carboxylic acids is 1. The molecule has 1 unspecified atom stereocenters. The van der Waals surface area contributed by atoms with E-state index >= 15 is 0 Å². The molecule has 2 rings (SSSR count). The number of ether oxygens (including phenoxy) is 1. The van der Waals surface area contributed by atoms with Crippen LogP contribution in [0.2, 0.25) is 0 Å². The summed E-state index contributed by atoms with van der Waals surface area (Å²) in [7, 11) is 3.73. The van der Waals surface area contributed by atoms with Crippen LogP contribution in [0.4, 0.5) is 5.69 Å². The normalized spacial score (nSPS) is 19.6. The van der Waals surface area contributed by atoms with Crippen molar-refractivity contribution in [3.05, 3.63) is 23.8 Å². The summed E-state index contributed by atoms with van der Waals surface area (Å²) >= 11 is 0. The van der Waals surface area contributed by atoms with Crippen molar-refractivity contribution in [3.8, 4) is 5.75 Å². The second-order valence-electron chi connectivity index (χ2n) is 5.27. The maximum Gasteiger partial charge on any atom is 0.251 e. The highest BCUT2D eigenvalue weighted by Crippen LogP contribution is 2.24. The number of piperidine rings is 1. The van der Waals surface area contributed by atoms with Gasteiger partial charge in [0, 0.05) is 18.7 Å². The van der Waals surface area contributed by atoms with E-state index in [0.717, 1.165) is 13.0 Å². The van der Waals surface area contributed by atoms with E-state index in [2.05, 4.69) is 17.3 Å². The number of carbonyl (C=O) groups is 1. The summed E-state index contributed by atoms with van der Waals surface area (Å²) in [6.07, 6.45) is 3.64. The van der Waals surface area contributed by atoms with E-state index in [0.29, 0.717) is 29.6 Å². The molecule has 0 bridgehead atoms. The molecule has 1 aliphatic heterocycles. The van der Waals surface area contributed by atoms with Gasteiger partial charge in [-0.25, -0.2) is 0 Å². The lowest BCUT2D eigenvalue weighted by atomic mass is 10.0. The standard InChI is InChI=1S/C15H23N3O2/c1-17-15(19)11-6-7-13(16)14(9-11)20-10-12-5-3-4-8-18(12)2/h6-7,9,12H,3-5,8,10,16H2,1-2H3,(H,17,19). The first-order valence-corrected chi connectivity index (χ1v) is 7.06. The molecule has 0 saturated carbocycles. The fourth-order valence-electron chi connectivity index (χ4n) is 2.49. The third-order valence-electron chi connectivity index (χ3n) is 3.86. The Labute approximate surface area is 120 Å². The lowest BCUT2D eigenvalue weighted by Crippen LogP contribution is -2.40. The monoisotopic (exact) mass is 277 g/mol. The van der Waals surface area contributed by atoms with Crippen molar-refractivity contribution in [2.75, 3.05) is 33.0 Å². The van der Waals surface area contributed by atoms with Gasteiger partial charge in [-0.2, -0.15) is 0 Å². The number of likely N-dealkylation sites (tertiary alicyclic amines) is 1. The second kappa shape index (κ2) is 6.61. The van der Waals surface area contributed by atoms with Crippen molar-refractivity contribution in [3.63, 3.8) is 0 Å². The van der Waals surface area contributed by atoms with Crippen molar-refractivity contribution in [1.29, 1.82) is 0 Å². The molecule has 20 heavy (non-hydrogen) atoms. The van der Waals surface area contributed by atoms with E-state index in [1.54, 1.807) is 25.2 Å². The van der Waals surface area contributed by atoms with Gasteiger partial charge in [0.1, 0.15) is 12.4 Å². The van der Waals surface area contributed by atoms with Crippen LogP contribution in [0.25, 0.3) is 0 Å². The van der Waals surface area contributed by atoms with Gasteiger partial charge in [-0.05, 0) is 44.6 Å². The first-order chi connectivity index (χ1) is 9.61. The Hall–Kier alpha value is -1.75. The van der Waals surface area contributed by atoms with E-state index in [4.69, 9.17) is 10.5 Å².